The van der Waals surface area contributed by atoms with E-state index in [1.165, 1.54) is 0 Å². The van der Waals surface area contributed by atoms with Gasteiger partial charge in [-0.1, -0.05) is 167 Å². The van der Waals surface area contributed by atoms with Gasteiger partial charge in [-0.05, 0) is 103 Å². The zero-order valence-electron chi connectivity index (χ0n) is 44.5. The van der Waals surface area contributed by atoms with Crippen LogP contribution in [0.4, 0.5) is 0 Å². The average molecular weight is 1040 g/mol. The van der Waals surface area contributed by atoms with E-state index in [0.717, 1.165) is 109 Å². The van der Waals surface area contributed by atoms with Crippen molar-refractivity contribution >= 4 is 5.91 Å². The Labute approximate surface area is 443 Å². The van der Waals surface area contributed by atoms with Gasteiger partial charge in [-0.15, -0.1) is 0 Å². The first kappa shape index (κ1) is 66.2. The van der Waals surface area contributed by atoms with Crippen molar-refractivity contribution in [1.29, 1.82) is 0 Å². The minimum atomic E-state index is -1.80. The fourth-order valence-corrected chi connectivity index (χ4v) is 7.87. The Balaban J connectivity index is 1.76. The normalized spacial score (nSPS) is 26.3. The van der Waals surface area contributed by atoms with Crippen LogP contribution in [0.25, 0.3) is 0 Å². The lowest BCUT2D eigenvalue weighted by atomic mass is 9.97. The third kappa shape index (κ3) is 30.0. The lowest BCUT2D eigenvalue weighted by molar-refractivity contribution is -0.359. The molecule has 12 unspecified atom stereocenters. The van der Waals surface area contributed by atoms with E-state index >= 15 is 0 Å². The van der Waals surface area contributed by atoms with Gasteiger partial charge in [0, 0.05) is 6.42 Å². The SMILES string of the molecule is CC/C=C\C/C=C\C/C=C\C/C=C\C/C=C\C/C=C\C/C=C\C/C=C\CCCCCCC(=O)NC(COC1OC(CO)C(OC2OC(CO)C(O)C(O)C2O)C(O)C1O)C(O)/C=C/CC/C=C/CC/C=C/CCC. The Bertz CT molecular complexity index is 1750. The van der Waals surface area contributed by atoms with Gasteiger partial charge in [0.2, 0.25) is 5.91 Å². The highest BCUT2D eigenvalue weighted by atomic mass is 16.7. The molecule has 74 heavy (non-hydrogen) atoms. The van der Waals surface area contributed by atoms with E-state index in [9.17, 15) is 45.6 Å². The van der Waals surface area contributed by atoms with E-state index in [-0.39, 0.29) is 18.9 Å². The second-order valence-corrected chi connectivity index (χ2v) is 18.6. The van der Waals surface area contributed by atoms with E-state index in [1.54, 1.807) is 6.08 Å². The van der Waals surface area contributed by atoms with Crippen LogP contribution in [-0.2, 0) is 23.7 Å². The molecule has 0 saturated carbocycles. The van der Waals surface area contributed by atoms with Crippen molar-refractivity contribution in [2.75, 3.05) is 19.8 Å². The van der Waals surface area contributed by atoms with Gasteiger partial charge in [-0.2, -0.15) is 0 Å². The number of hydrogen-bond acceptors (Lipinski definition) is 13. The molecule has 0 spiro atoms. The molecule has 2 fully saturated rings. The van der Waals surface area contributed by atoms with Crippen molar-refractivity contribution in [2.45, 2.75) is 216 Å². The largest absolute Gasteiger partial charge is 0.394 e. The summed E-state index contributed by atoms with van der Waals surface area (Å²) < 4.78 is 22.6. The van der Waals surface area contributed by atoms with Gasteiger partial charge in [0.1, 0.15) is 48.8 Å². The number of rotatable bonds is 40. The quantitative estimate of drug-likeness (QED) is 0.0208. The Hall–Kier alpha value is -3.87. The first-order chi connectivity index (χ1) is 36.1. The second-order valence-electron chi connectivity index (χ2n) is 18.6. The van der Waals surface area contributed by atoms with E-state index in [2.05, 4.69) is 141 Å². The number of allylic oxidation sites excluding steroid dienone is 21. The maximum atomic E-state index is 13.2. The van der Waals surface area contributed by atoms with E-state index in [0.29, 0.717) is 12.8 Å². The Kier molecular flexibility index (Phi) is 39.6. The highest BCUT2D eigenvalue weighted by molar-refractivity contribution is 5.76. The van der Waals surface area contributed by atoms with Crippen LogP contribution in [-0.4, -0.2) is 140 Å². The lowest BCUT2D eigenvalue weighted by Gasteiger charge is -2.46. The molecule has 2 heterocycles. The number of nitrogens with one attached hydrogen (secondary N) is 1. The highest BCUT2D eigenvalue weighted by Crippen LogP contribution is 2.30. The third-order valence-electron chi connectivity index (χ3n) is 12.3. The number of unbranched alkanes of at least 4 members (excludes halogenated alkanes) is 7. The van der Waals surface area contributed by atoms with Gasteiger partial charge in [-0.25, -0.2) is 0 Å². The summed E-state index contributed by atoms with van der Waals surface area (Å²) in [5, 5.41) is 86.7. The Morgan fingerprint density at radius 2 is 0.946 bits per heavy atom. The van der Waals surface area contributed by atoms with E-state index in [1.807, 2.05) is 6.08 Å². The van der Waals surface area contributed by atoms with Gasteiger partial charge >= 0.3 is 0 Å². The van der Waals surface area contributed by atoms with Gasteiger partial charge in [0.25, 0.3) is 0 Å². The van der Waals surface area contributed by atoms with Crippen LogP contribution in [0.2, 0.25) is 0 Å². The molecule has 0 aromatic heterocycles. The topological polar surface area (TPSA) is 228 Å². The van der Waals surface area contributed by atoms with Crippen molar-refractivity contribution in [3.8, 4) is 0 Å². The van der Waals surface area contributed by atoms with Crippen molar-refractivity contribution in [3.05, 3.63) is 134 Å². The number of aliphatic hydroxyl groups is 8. The molecule has 1 amide bonds. The number of ether oxygens (including phenoxy) is 4. The molecule has 14 nitrogen and oxygen atoms in total. The van der Waals surface area contributed by atoms with Crippen LogP contribution in [0.1, 0.15) is 142 Å². The number of hydrogen-bond donors (Lipinski definition) is 9. The summed E-state index contributed by atoms with van der Waals surface area (Å²) in [6, 6.07) is -0.961. The maximum absolute atomic E-state index is 13.2. The van der Waals surface area contributed by atoms with Crippen molar-refractivity contribution in [3.63, 3.8) is 0 Å². The molecule has 9 N–H and O–H groups in total. The van der Waals surface area contributed by atoms with E-state index in [4.69, 9.17) is 18.9 Å². The summed E-state index contributed by atoms with van der Waals surface area (Å²) in [4.78, 5) is 13.2. The molecular weight excluding hydrogens is 943 g/mol. The highest BCUT2D eigenvalue weighted by Gasteiger charge is 2.51. The molecule has 2 rings (SSSR count). The molecule has 0 aromatic carbocycles. The summed E-state index contributed by atoms with van der Waals surface area (Å²) >= 11 is 0. The first-order valence-corrected chi connectivity index (χ1v) is 27.4. The third-order valence-corrected chi connectivity index (χ3v) is 12.3. The van der Waals surface area contributed by atoms with Crippen LogP contribution in [0.3, 0.4) is 0 Å². The monoisotopic (exact) mass is 1040 g/mol. The van der Waals surface area contributed by atoms with Crippen molar-refractivity contribution in [2.24, 2.45) is 0 Å². The van der Waals surface area contributed by atoms with Crippen LogP contribution in [0.15, 0.2) is 134 Å². The molecule has 0 bridgehead atoms. The van der Waals surface area contributed by atoms with Crippen LogP contribution < -0.4 is 5.32 Å². The predicted octanol–water partition coefficient (Wildman–Crippen LogP) is 8.43. The van der Waals surface area contributed by atoms with Crippen LogP contribution >= 0.6 is 0 Å². The number of amides is 1. The fourth-order valence-electron chi connectivity index (χ4n) is 7.87. The second kappa shape index (κ2) is 44.3. The number of carbonyl (C=O) groups is 1. The Morgan fingerprint density at radius 1 is 0.500 bits per heavy atom. The summed E-state index contributed by atoms with van der Waals surface area (Å²) in [5.41, 5.74) is 0. The van der Waals surface area contributed by atoms with Crippen LogP contribution in [0, 0.1) is 0 Å². The number of carbonyl (C=O) groups excluding carboxylic acids is 1. The smallest absolute Gasteiger partial charge is 0.220 e. The zero-order valence-corrected chi connectivity index (χ0v) is 44.5. The van der Waals surface area contributed by atoms with Gasteiger partial charge < -0.3 is 65.1 Å². The van der Waals surface area contributed by atoms with Crippen LogP contribution in [0.5, 0.6) is 0 Å². The van der Waals surface area contributed by atoms with Gasteiger partial charge in [0.15, 0.2) is 12.6 Å². The molecule has 2 aliphatic heterocycles. The predicted molar refractivity (Wildman–Crippen MR) is 295 cm³/mol. The molecule has 0 radical (unpaired) electrons. The minimum Gasteiger partial charge on any atom is -0.394 e. The fraction of sp³-hybridized carbons (Fsp3) is 0.617. The summed E-state index contributed by atoms with van der Waals surface area (Å²) in [6.07, 6.45) is 47.9. The molecule has 418 valence electrons. The minimum absolute atomic E-state index is 0.230. The summed E-state index contributed by atoms with van der Waals surface area (Å²) in [5.74, 6) is -0.288. The van der Waals surface area contributed by atoms with Gasteiger partial charge in [-0.3, -0.25) is 4.79 Å². The molecule has 2 saturated heterocycles. The maximum Gasteiger partial charge on any atom is 0.220 e. The summed E-state index contributed by atoms with van der Waals surface area (Å²) in [6.45, 7) is 2.51. The zero-order chi connectivity index (χ0) is 53.9. The lowest BCUT2D eigenvalue weighted by Crippen LogP contribution is -2.65. The number of aliphatic hydroxyl groups excluding tert-OH is 8. The first-order valence-electron chi connectivity index (χ1n) is 27.4. The standard InChI is InChI=1S/C60H95NO13/c1-3-5-7-9-11-13-15-16-17-18-19-20-21-22-23-24-25-26-27-28-29-30-31-32-34-36-38-40-42-44-52(65)61-48(49(64)43-41-39-37-35-33-14-12-10-8-6-4-2)47-71-59-57(70)55(68)58(51(46-63)73-59)74-60-56(69)54(67)53(66)50(45-62)72-60/h5,7-8,10-11,13,16-17,19-20,22-23,25-26,28-29,31-33,35,41,43,48-51,53-60,62-64,66-70H,3-4,6,9,12,14-15,18,21,24,27,30,34,36-40,42,44-47H2,1-2H3,(H,61,65)/b7-5-,10-8+,13-11-,17-16-,20-19-,23-22-,26-25-,29-28-,32-31-,35-33+,43-41+. The average Bonchev–Trinajstić information content (AvgIpc) is 3.40. The molecule has 14 heteroatoms. The molecule has 0 aliphatic carbocycles. The molecule has 12 atom stereocenters. The van der Waals surface area contributed by atoms with Gasteiger partial charge in [0.05, 0.1) is 32.0 Å². The molecular formula is C60H95NO13. The van der Waals surface area contributed by atoms with E-state index < -0.39 is 86.8 Å². The summed E-state index contributed by atoms with van der Waals surface area (Å²) in [7, 11) is 0. The molecule has 0 aromatic rings. The van der Waals surface area contributed by atoms with Crippen molar-refractivity contribution in [1.82, 2.24) is 5.32 Å². The molecule has 2 aliphatic rings. The Morgan fingerprint density at radius 3 is 1.46 bits per heavy atom. The van der Waals surface area contributed by atoms with Crippen molar-refractivity contribution < 1.29 is 64.6 Å².